The zero-order valence-electron chi connectivity index (χ0n) is 17.2. The highest BCUT2D eigenvalue weighted by Gasteiger charge is 2.39. The highest BCUT2D eigenvalue weighted by molar-refractivity contribution is 5.80. The summed E-state index contributed by atoms with van der Waals surface area (Å²) in [4.78, 5) is 29.2. The molecule has 3 aliphatic rings. The lowest BCUT2D eigenvalue weighted by Crippen LogP contribution is -2.52. The van der Waals surface area contributed by atoms with Crippen molar-refractivity contribution >= 4 is 11.8 Å². The molecule has 2 amide bonds. The number of piperidine rings is 2. The fraction of sp³-hybridized carbons (Fsp3) is 0.652. The lowest BCUT2D eigenvalue weighted by Gasteiger charge is -2.45. The number of benzene rings is 1. The van der Waals surface area contributed by atoms with Crippen LogP contribution in [0.4, 0.5) is 0 Å². The van der Waals surface area contributed by atoms with Crippen molar-refractivity contribution in [3.05, 3.63) is 30.3 Å². The molecule has 0 N–H and O–H groups in total. The molecule has 3 aliphatic heterocycles. The van der Waals surface area contributed by atoms with Gasteiger partial charge in [-0.15, -0.1) is 0 Å². The first-order valence-electron chi connectivity index (χ1n) is 11.0. The van der Waals surface area contributed by atoms with Gasteiger partial charge in [0.1, 0.15) is 5.75 Å². The van der Waals surface area contributed by atoms with E-state index in [9.17, 15) is 9.59 Å². The maximum Gasteiger partial charge on any atom is 0.260 e. The zero-order chi connectivity index (χ0) is 20.1. The van der Waals surface area contributed by atoms with Crippen LogP contribution in [-0.2, 0) is 14.3 Å². The minimum absolute atomic E-state index is 0.00545. The molecule has 0 aromatic heterocycles. The van der Waals surface area contributed by atoms with Crippen LogP contribution < -0.4 is 4.74 Å². The number of likely N-dealkylation sites (tertiary alicyclic amines) is 2. The number of carbonyl (C=O) groups is 2. The predicted octanol–water partition coefficient (Wildman–Crippen LogP) is 2.87. The Morgan fingerprint density at radius 1 is 0.966 bits per heavy atom. The van der Waals surface area contributed by atoms with E-state index in [-0.39, 0.29) is 29.9 Å². The topological polar surface area (TPSA) is 59.1 Å². The molecular formula is C23H32N2O4. The molecule has 4 rings (SSSR count). The summed E-state index contributed by atoms with van der Waals surface area (Å²) >= 11 is 0. The molecule has 158 valence electrons. The third kappa shape index (κ3) is 4.92. The lowest BCUT2D eigenvalue weighted by atomic mass is 9.84. The number of rotatable bonds is 4. The van der Waals surface area contributed by atoms with E-state index in [4.69, 9.17) is 9.47 Å². The van der Waals surface area contributed by atoms with E-state index in [2.05, 4.69) is 0 Å². The summed E-state index contributed by atoms with van der Waals surface area (Å²) in [5.74, 6) is 1.00. The number of hydrogen-bond acceptors (Lipinski definition) is 4. The van der Waals surface area contributed by atoms with Gasteiger partial charge in [0.25, 0.3) is 5.91 Å². The van der Waals surface area contributed by atoms with Crippen LogP contribution in [0.2, 0.25) is 0 Å². The minimum Gasteiger partial charge on any atom is -0.484 e. The number of amides is 2. The van der Waals surface area contributed by atoms with E-state index in [1.54, 1.807) is 0 Å². The molecule has 0 radical (unpaired) electrons. The predicted molar refractivity (Wildman–Crippen MR) is 110 cm³/mol. The Balaban J connectivity index is 1.20. The SMILES string of the molecule is O=C(COc1ccccc1)N1CCC(C(=O)N2CCC3(CCCCO3)CC2)CC1. The molecule has 3 saturated heterocycles. The van der Waals surface area contributed by atoms with Crippen molar-refractivity contribution in [2.45, 2.75) is 50.5 Å². The second-order valence-corrected chi connectivity index (χ2v) is 8.57. The average molecular weight is 401 g/mol. The third-order valence-corrected chi connectivity index (χ3v) is 6.72. The Morgan fingerprint density at radius 2 is 1.69 bits per heavy atom. The first kappa shape index (κ1) is 20.2. The molecule has 0 unspecified atom stereocenters. The fourth-order valence-electron chi connectivity index (χ4n) is 4.83. The molecule has 6 heteroatoms. The van der Waals surface area contributed by atoms with Gasteiger partial charge in [0, 0.05) is 38.7 Å². The van der Waals surface area contributed by atoms with Crippen LogP contribution in [0.5, 0.6) is 5.75 Å². The number of nitrogens with zero attached hydrogens (tertiary/aromatic N) is 2. The average Bonchev–Trinajstić information content (AvgIpc) is 2.79. The van der Waals surface area contributed by atoms with Crippen LogP contribution in [0.25, 0.3) is 0 Å². The molecule has 29 heavy (non-hydrogen) atoms. The van der Waals surface area contributed by atoms with Gasteiger partial charge in [-0.2, -0.15) is 0 Å². The molecule has 3 fully saturated rings. The van der Waals surface area contributed by atoms with E-state index in [1.165, 1.54) is 6.42 Å². The van der Waals surface area contributed by atoms with Crippen molar-refractivity contribution < 1.29 is 19.1 Å². The molecule has 0 aliphatic carbocycles. The highest BCUT2D eigenvalue weighted by atomic mass is 16.5. The second kappa shape index (κ2) is 9.16. The van der Waals surface area contributed by atoms with Gasteiger partial charge in [-0.3, -0.25) is 9.59 Å². The van der Waals surface area contributed by atoms with Gasteiger partial charge in [-0.05, 0) is 57.1 Å². The summed E-state index contributed by atoms with van der Waals surface area (Å²) in [6, 6.07) is 9.39. The maximum atomic E-state index is 13.0. The van der Waals surface area contributed by atoms with Crippen LogP contribution >= 0.6 is 0 Å². The Bertz CT molecular complexity index is 684. The summed E-state index contributed by atoms with van der Waals surface area (Å²) in [5.41, 5.74) is 0.0313. The number of hydrogen-bond donors (Lipinski definition) is 0. The molecular weight excluding hydrogens is 368 g/mol. The molecule has 0 atom stereocenters. The van der Waals surface area contributed by atoms with Crippen molar-refractivity contribution in [1.82, 2.24) is 9.80 Å². The van der Waals surface area contributed by atoms with Crippen molar-refractivity contribution in [3.8, 4) is 5.75 Å². The van der Waals surface area contributed by atoms with Crippen molar-refractivity contribution in [2.75, 3.05) is 39.4 Å². The van der Waals surface area contributed by atoms with E-state index in [1.807, 2.05) is 40.1 Å². The normalized spacial score (nSPS) is 22.5. The summed E-state index contributed by atoms with van der Waals surface area (Å²) in [6.45, 7) is 3.81. The van der Waals surface area contributed by atoms with E-state index in [0.29, 0.717) is 18.8 Å². The summed E-state index contributed by atoms with van der Waals surface area (Å²) < 4.78 is 11.6. The molecule has 0 bridgehead atoms. The van der Waals surface area contributed by atoms with Crippen LogP contribution in [-0.4, -0.2) is 66.6 Å². The summed E-state index contributed by atoms with van der Waals surface area (Å²) in [7, 11) is 0. The monoisotopic (exact) mass is 400 g/mol. The standard InChI is InChI=1S/C23H32N2O4/c26-21(18-28-20-6-2-1-3-7-20)24-13-8-19(9-14-24)22(27)25-15-11-23(12-16-25)10-4-5-17-29-23/h1-3,6-7,19H,4-5,8-18H2. The quantitative estimate of drug-likeness (QED) is 0.780. The maximum absolute atomic E-state index is 13.0. The third-order valence-electron chi connectivity index (χ3n) is 6.72. The van der Waals surface area contributed by atoms with E-state index in [0.717, 1.165) is 58.2 Å². The number of carbonyl (C=O) groups excluding carboxylic acids is 2. The van der Waals surface area contributed by atoms with Crippen molar-refractivity contribution in [3.63, 3.8) is 0 Å². The largest absolute Gasteiger partial charge is 0.484 e. The van der Waals surface area contributed by atoms with Gasteiger partial charge in [0.05, 0.1) is 5.60 Å². The lowest BCUT2D eigenvalue weighted by molar-refractivity contribution is -0.149. The zero-order valence-corrected chi connectivity index (χ0v) is 17.2. The van der Waals surface area contributed by atoms with Crippen molar-refractivity contribution in [1.29, 1.82) is 0 Å². The Hall–Kier alpha value is -2.08. The van der Waals surface area contributed by atoms with Crippen LogP contribution in [0.15, 0.2) is 30.3 Å². The van der Waals surface area contributed by atoms with E-state index >= 15 is 0 Å². The Labute approximate surface area is 173 Å². The van der Waals surface area contributed by atoms with Gasteiger partial charge in [-0.1, -0.05) is 18.2 Å². The number of para-hydroxylation sites is 1. The van der Waals surface area contributed by atoms with Gasteiger partial charge in [-0.25, -0.2) is 0 Å². The Kier molecular flexibility index (Phi) is 6.38. The second-order valence-electron chi connectivity index (χ2n) is 8.57. The van der Waals surface area contributed by atoms with Crippen LogP contribution in [0.1, 0.15) is 44.9 Å². The first-order valence-corrected chi connectivity index (χ1v) is 11.0. The molecule has 1 aromatic carbocycles. The first-order chi connectivity index (χ1) is 14.2. The van der Waals surface area contributed by atoms with Crippen LogP contribution in [0, 0.1) is 5.92 Å². The molecule has 6 nitrogen and oxygen atoms in total. The van der Waals surface area contributed by atoms with Crippen molar-refractivity contribution in [2.24, 2.45) is 5.92 Å². The summed E-state index contributed by atoms with van der Waals surface area (Å²) in [6.07, 6.45) is 6.97. The molecule has 1 aromatic rings. The fourth-order valence-corrected chi connectivity index (χ4v) is 4.83. The van der Waals surface area contributed by atoms with Gasteiger partial charge >= 0.3 is 0 Å². The van der Waals surface area contributed by atoms with Gasteiger partial charge in [0.2, 0.25) is 5.91 Å². The summed E-state index contributed by atoms with van der Waals surface area (Å²) in [5, 5.41) is 0. The van der Waals surface area contributed by atoms with Crippen LogP contribution in [0.3, 0.4) is 0 Å². The number of ether oxygens (including phenoxy) is 2. The van der Waals surface area contributed by atoms with Gasteiger partial charge in [0.15, 0.2) is 6.61 Å². The smallest absolute Gasteiger partial charge is 0.260 e. The van der Waals surface area contributed by atoms with Gasteiger partial charge < -0.3 is 19.3 Å². The molecule has 0 saturated carbocycles. The highest BCUT2D eigenvalue weighted by Crippen LogP contribution is 2.35. The minimum atomic E-state index is -0.00545. The van der Waals surface area contributed by atoms with E-state index < -0.39 is 0 Å². The molecule has 3 heterocycles. The molecule has 1 spiro atoms. The Morgan fingerprint density at radius 3 is 2.34 bits per heavy atom.